The van der Waals surface area contributed by atoms with E-state index < -0.39 is 39.6 Å². The van der Waals surface area contributed by atoms with Crippen molar-refractivity contribution < 1.29 is 32.2 Å². The number of thioether (sulfide) groups is 1. The lowest BCUT2D eigenvalue weighted by Gasteiger charge is -2.30. The summed E-state index contributed by atoms with van der Waals surface area (Å²) in [5, 5.41) is 0. The van der Waals surface area contributed by atoms with Gasteiger partial charge in [0.05, 0.1) is 12.8 Å². The molecule has 0 aromatic heterocycles. The third-order valence-electron chi connectivity index (χ3n) is 4.35. The number of nitrogens with zero attached hydrogens (tertiary/aromatic N) is 1. The SMILES string of the molecule is COc1cccc([C@@]2(SC(F)(F)F)C(=O)N(C(=O)OC(C)(C)C)c3ccccc32)c1. The molecule has 0 bridgehead atoms. The molecule has 2 amide bonds. The molecule has 0 saturated heterocycles. The summed E-state index contributed by atoms with van der Waals surface area (Å²) in [6.45, 7) is 4.82. The van der Waals surface area contributed by atoms with Crippen molar-refractivity contribution in [2.24, 2.45) is 0 Å². The Labute approximate surface area is 176 Å². The highest BCUT2D eigenvalue weighted by Crippen LogP contribution is 2.58. The fourth-order valence-electron chi connectivity index (χ4n) is 3.29. The van der Waals surface area contributed by atoms with Gasteiger partial charge in [-0.3, -0.25) is 4.79 Å². The first-order valence-electron chi connectivity index (χ1n) is 8.97. The number of carbonyl (C=O) groups excluding carboxylic acids is 2. The van der Waals surface area contributed by atoms with Crippen LogP contribution in [0.1, 0.15) is 31.9 Å². The van der Waals surface area contributed by atoms with E-state index in [-0.39, 0.29) is 22.6 Å². The number of anilines is 1. The van der Waals surface area contributed by atoms with Crippen LogP contribution in [0.3, 0.4) is 0 Å². The topological polar surface area (TPSA) is 55.8 Å². The molecule has 0 saturated carbocycles. The molecule has 5 nitrogen and oxygen atoms in total. The lowest BCUT2D eigenvalue weighted by atomic mass is 9.91. The average Bonchev–Trinajstić information content (AvgIpc) is 2.88. The van der Waals surface area contributed by atoms with Crippen molar-refractivity contribution >= 4 is 29.4 Å². The predicted molar refractivity (Wildman–Crippen MR) is 108 cm³/mol. The molecule has 0 spiro atoms. The molecular weight excluding hydrogens is 419 g/mol. The lowest BCUT2D eigenvalue weighted by molar-refractivity contribution is -0.119. The van der Waals surface area contributed by atoms with Gasteiger partial charge in [-0.05, 0) is 56.3 Å². The Bertz CT molecular complexity index is 987. The number of ether oxygens (including phenoxy) is 2. The quantitative estimate of drug-likeness (QED) is 0.635. The summed E-state index contributed by atoms with van der Waals surface area (Å²) >= 11 is -0.481. The van der Waals surface area contributed by atoms with Gasteiger partial charge in [0.2, 0.25) is 0 Å². The Morgan fingerprint density at radius 1 is 1.07 bits per heavy atom. The monoisotopic (exact) mass is 439 g/mol. The minimum absolute atomic E-state index is 0.0488. The van der Waals surface area contributed by atoms with Crippen LogP contribution in [-0.4, -0.2) is 30.2 Å². The third kappa shape index (κ3) is 3.98. The normalized spacial score (nSPS) is 18.9. The van der Waals surface area contributed by atoms with Gasteiger partial charge in [-0.15, -0.1) is 0 Å². The van der Waals surface area contributed by atoms with Crippen LogP contribution in [0.2, 0.25) is 0 Å². The van der Waals surface area contributed by atoms with E-state index in [1.807, 2.05) is 0 Å². The maximum Gasteiger partial charge on any atom is 0.443 e. The number of fused-ring (bicyclic) bond motifs is 1. The number of alkyl halides is 3. The number of carbonyl (C=O) groups is 2. The zero-order valence-electron chi connectivity index (χ0n) is 16.7. The number of amides is 2. The molecule has 2 aromatic carbocycles. The van der Waals surface area contributed by atoms with Crippen LogP contribution in [0.25, 0.3) is 0 Å². The Hall–Kier alpha value is -2.68. The molecule has 0 N–H and O–H groups in total. The minimum Gasteiger partial charge on any atom is -0.497 e. The largest absolute Gasteiger partial charge is 0.497 e. The molecule has 1 aliphatic rings. The van der Waals surface area contributed by atoms with Crippen LogP contribution in [-0.2, 0) is 14.3 Å². The van der Waals surface area contributed by atoms with E-state index in [4.69, 9.17) is 9.47 Å². The highest BCUT2D eigenvalue weighted by molar-refractivity contribution is 8.02. The first kappa shape index (κ1) is 22.0. The number of benzene rings is 2. The van der Waals surface area contributed by atoms with Crippen LogP contribution in [0, 0.1) is 0 Å². The molecule has 0 fully saturated rings. The molecule has 160 valence electrons. The molecule has 0 unspecified atom stereocenters. The second-order valence-electron chi connectivity index (χ2n) is 7.60. The van der Waals surface area contributed by atoms with Gasteiger partial charge in [-0.1, -0.05) is 30.3 Å². The Kier molecular flexibility index (Phi) is 5.53. The van der Waals surface area contributed by atoms with Gasteiger partial charge in [0.25, 0.3) is 5.91 Å². The van der Waals surface area contributed by atoms with Gasteiger partial charge in [0.1, 0.15) is 11.4 Å². The van der Waals surface area contributed by atoms with E-state index in [1.165, 1.54) is 43.5 Å². The zero-order chi connectivity index (χ0) is 22.3. The van der Waals surface area contributed by atoms with Crippen molar-refractivity contribution in [3.63, 3.8) is 0 Å². The van der Waals surface area contributed by atoms with E-state index in [2.05, 4.69) is 0 Å². The smallest absolute Gasteiger partial charge is 0.443 e. The van der Waals surface area contributed by atoms with Crippen molar-refractivity contribution in [1.29, 1.82) is 0 Å². The van der Waals surface area contributed by atoms with Crippen molar-refractivity contribution in [3.05, 3.63) is 59.7 Å². The number of imide groups is 1. The number of para-hydroxylation sites is 1. The summed E-state index contributed by atoms with van der Waals surface area (Å²) in [5.74, 6) is -0.760. The fourth-order valence-corrected chi connectivity index (χ4v) is 4.34. The number of hydrogen-bond donors (Lipinski definition) is 0. The van der Waals surface area contributed by atoms with E-state index in [1.54, 1.807) is 32.9 Å². The first-order valence-corrected chi connectivity index (χ1v) is 9.79. The van der Waals surface area contributed by atoms with Gasteiger partial charge in [0, 0.05) is 5.56 Å². The van der Waals surface area contributed by atoms with Crippen LogP contribution >= 0.6 is 11.8 Å². The van der Waals surface area contributed by atoms with Gasteiger partial charge in [-0.25, -0.2) is 9.69 Å². The van der Waals surface area contributed by atoms with E-state index >= 15 is 0 Å². The van der Waals surface area contributed by atoms with Gasteiger partial charge >= 0.3 is 11.6 Å². The Morgan fingerprint density at radius 2 is 1.73 bits per heavy atom. The van der Waals surface area contributed by atoms with Crippen molar-refractivity contribution in [3.8, 4) is 5.75 Å². The highest BCUT2D eigenvalue weighted by atomic mass is 32.2. The maximum absolute atomic E-state index is 13.7. The summed E-state index contributed by atoms with van der Waals surface area (Å²) in [4.78, 5) is 27.0. The van der Waals surface area contributed by atoms with E-state index in [9.17, 15) is 22.8 Å². The summed E-state index contributed by atoms with van der Waals surface area (Å²) in [5.41, 5.74) is -5.55. The second-order valence-corrected chi connectivity index (χ2v) is 8.88. The molecule has 9 heteroatoms. The maximum atomic E-state index is 13.7. The molecule has 1 atom stereocenters. The van der Waals surface area contributed by atoms with Gasteiger partial charge in [0.15, 0.2) is 4.75 Å². The fraction of sp³-hybridized carbons (Fsp3) is 0.333. The second kappa shape index (κ2) is 7.54. The summed E-state index contributed by atoms with van der Waals surface area (Å²) < 4.78 is 49.4. The van der Waals surface area contributed by atoms with Crippen LogP contribution < -0.4 is 9.64 Å². The first-order chi connectivity index (χ1) is 13.9. The molecular formula is C21H20F3NO4S. The van der Waals surface area contributed by atoms with E-state index in [0.717, 1.165) is 0 Å². The molecule has 3 rings (SSSR count). The molecule has 0 radical (unpaired) electrons. The lowest BCUT2D eigenvalue weighted by Crippen LogP contribution is -2.45. The molecule has 1 heterocycles. The third-order valence-corrected chi connectivity index (χ3v) is 5.52. The summed E-state index contributed by atoms with van der Waals surface area (Å²) in [6.07, 6.45) is -1.03. The number of hydrogen-bond acceptors (Lipinski definition) is 5. The van der Waals surface area contributed by atoms with E-state index in [0.29, 0.717) is 4.90 Å². The van der Waals surface area contributed by atoms with Gasteiger partial charge in [-0.2, -0.15) is 13.2 Å². The Morgan fingerprint density at radius 3 is 2.33 bits per heavy atom. The van der Waals surface area contributed by atoms with Crippen molar-refractivity contribution in [2.75, 3.05) is 12.0 Å². The van der Waals surface area contributed by atoms with Crippen molar-refractivity contribution in [2.45, 2.75) is 36.6 Å². The standard InChI is InChI=1S/C21H20F3NO4S/c1-19(2,3)29-18(27)25-16-11-6-5-10-15(16)20(17(25)26,30-21(22,23)24)13-8-7-9-14(12-13)28-4/h5-12H,1-4H3/t20-/m0/s1. The number of halogens is 3. The predicted octanol–water partition coefficient (Wildman–Crippen LogP) is 5.47. The van der Waals surface area contributed by atoms with Gasteiger partial charge < -0.3 is 9.47 Å². The average molecular weight is 439 g/mol. The molecule has 30 heavy (non-hydrogen) atoms. The van der Waals surface area contributed by atoms with Crippen molar-refractivity contribution in [1.82, 2.24) is 0 Å². The van der Waals surface area contributed by atoms with Crippen LogP contribution in [0.5, 0.6) is 5.75 Å². The summed E-state index contributed by atoms with van der Waals surface area (Å²) in [7, 11) is 1.38. The molecule has 2 aromatic rings. The highest BCUT2D eigenvalue weighted by Gasteiger charge is 2.60. The summed E-state index contributed by atoms with van der Waals surface area (Å²) in [6, 6.07) is 11.7. The molecule has 0 aliphatic carbocycles. The number of rotatable bonds is 3. The number of methoxy groups -OCH3 is 1. The van der Waals surface area contributed by atoms with Crippen LogP contribution in [0.15, 0.2) is 48.5 Å². The zero-order valence-corrected chi connectivity index (χ0v) is 17.6. The molecule has 1 aliphatic heterocycles. The Balaban J connectivity index is 2.26. The minimum atomic E-state index is -4.77. The van der Waals surface area contributed by atoms with Crippen LogP contribution in [0.4, 0.5) is 23.7 Å².